The van der Waals surface area contributed by atoms with Crippen molar-refractivity contribution in [2.24, 2.45) is 0 Å². The molecular formula is C20H25ClN6O2S. The number of fused-ring (bicyclic) bond motifs is 1. The Labute approximate surface area is 183 Å². The predicted octanol–water partition coefficient (Wildman–Crippen LogP) is 2.49. The van der Waals surface area contributed by atoms with Gasteiger partial charge in [-0.05, 0) is 38.5 Å². The Morgan fingerprint density at radius 3 is 2.63 bits per heavy atom. The third-order valence-corrected chi connectivity index (χ3v) is 8.10. The van der Waals surface area contributed by atoms with E-state index in [9.17, 15) is 9.32 Å². The molecule has 2 fully saturated rings. The number of halogens is 1. The summed E-state index contributed by atoms with van der Waals surface area (Å²) in [5, 5.41) is 10.6. The van der Waals surface area contributed by atoms with Gasteiger partial charge in [-0.2, -0.15) is 4.98 Å². The lowest BCUT2D eigenvalue weighted by molar-refractivity contribution is 0.119. The average molecular weight is 449 g/mol. The first-order valence-electron chi connectivity index (χ1n) is 10.5. The maximum Gasteiger partial charge on any atom is 0.227 e. The van der Waals surface area contributed by atoms with E-state index in [0.717, 1.165) is 63.3 Å². The second-order valence-corrected chi connectivity index (χ2v) is 10.2. The fourth-order valence-electron chi connectivity index (χ4n) is 4.65. The molecule has 2 aliphatic heterocycles. The predicted molar refractivity (Wildman–Crippen MR) is 115 cm³/mol. The number of aliphatic hydroxyl groups excluding tert-OH is 1. The second-order valence-electron chi connectivity index (χ2n) is 8.37. The maximum absolute atomic E-state index is 12.6. The molecule has 30 heavy (non-hydrogen) atoms. The van der Waals surface area contributed by atoms with Crippen molar-refractivity contribution >= 4 is 34.2 Å². The summed E-state index contributed by atoms with van der Waals surface area (Å²) >= 11 is 5.92. The maximum atomic E-state index is 12.6. The molecule has 1 saturated heterocycles. The molecule has 0 aromatic carbocycles. The fraction of sp³-hybridized carbons (Fsp3) is 0.600. The van der Waals surface area contributed by atoms with E-state index in [1.54, 1.807) is 18.6 Å². The molecule has 0 bridgehead atoms. The zero-order valence-corrected chi connectivity index (χ0v) is 18.3. The Bertz CT molecular complexity index is 949. The molecule has 8 nitrogen and oxygen atoms in total. The first kappa shape index (κ1) is 20.1. The minimum absolute atomic E-state index is 0.0649. The number of rotatable bonds is 4. The van der Waals surface area contributed by atoms with Gasteiger partial charge in [0.2, 0.25) is 5.95 Å². The molecule has 0 spiro atoms. The van der Waals surface area contributed by atoms with Gasteiger partial charge < -0.3 is 14.9 Å². The number of hydrogen-bond donors (Lipinski definition) is 1. The van der Waals surface area contributed by atoms with Crippen molar-refractivity contribution < 1.29 is 9.32 Å². The summed E-state index contributed by atoms with van der Waals surface area (Å²) in [6, 6.07) is 0. The van der Waals surface area contributed by atoms with Crippen molar-refractivity contribution in [1.29, 1.82) is 0 Å². The molecule has 0 amide bonds. The highest BCUT2D eigenvalue weighted by molar-refractivity contribution is 7.85. The molecule has 2 aromatic heterocycles. The van der Waals surface area contributed by atoms with Crippen LogP contribution in [0.2, 0.25) is 5.02 Å². The molecule has 0 radical (unpaired) electrons. The summed E-state index contributed by atoms with van der Waals surface area (Å²) in [7, 11) is -1.15. The molecule has 2 unspecified atom stereocenters. The summed E-state index contributed by atoms with van der Waals surface area (Å²) in [5.74, 6) is 2.92. The average Bonchev–Trinajstić information content (AvgIpc) is 2.91. The van der Waals surface area contributed by atoms with Crippen LogP contribution in [0.15, 0.2) is 23.5 Å². The minimum atomic E-state index is -1.15. The zero-order chi connectivity index (χ0) is 20.7. The molecule has 10 heteroatoms. The summed E-state index contributed by atoms with van der Waals surface area (Å²) in [6.45, 7) is 1.73. The normalized spacial score (nSPS) is 25.5. The Morgan fingerprint density at radius 2 is 1.93 bits per heavy atom. The second kappa shape index (κ2) is 8.01. The van der Waals surface area contributed by atoms with Crippen LogP contribution in [0, 0.1) is 0 Å². The van der Waals surface area contributed by atoms with E-state index >= 15 is 0 Å². The molecule has 3 aliphatic rings. The molecule has 160 valence electrons. The SMILES string of the molecule is O=S1CN(C2(CO)CCC2)c2nc(N3CCCC(c4ncc(Cl)cn4)CC3)ncc21. The molecular weight excluding hydrogens is 424 g/mol. The van der Waals surface area contributed by atoms with E-state index in [1.165, 1.54) is 0 Å². The Morgan fingerprint density at radius 1 is 1.13 bits per heavy atom. The van der Waals surface area contributed by atoms with E-state index < -0.39 is 10.8 Å². The Hall–Kier alpha value is -1.84. The lowest BCUT2D eigenvalue weighted by Crippen LogP contribution is -2.56. The van der Waals surface area contributed by atoms with Crippen LogP contribution in [-0.4, -0.2) is 60.4 Å². The molecule has 1 saturated carbocycles. The Kier molecular flexibility index (Phi) is 5.37. The third kappa shape index (κ3) is 3.46. The van der Waals surface area contributed by atoms with E-state index in [2.05, 4.69) is 24.8 Å². The van der Waals surface area contributed by atoms with Gasteiger partial charge in [0.05, 0.1) is 34.2 Å². The van der Waals surface area contributed by atoms with Crippen LogP contribution >= 0.6 is 11.6 Å². The van der Waals surface area contributed by atoms with Crippen LogP contribution in [-0.2, 0) is 10.8 Å². The highest BCUT2D eigenvalue weighted by Crippen LogP contribution is 2.44. The van der Waals surface area contributed by atoms with E-state index in [0.29, 0.717) is 27.7 Å². The lowest BCUT2D eigenvalue weighted by atomic mass is 9.76. The monoisotopic (exact) mass is 448 g/mol. The fourth-order valence-corrected chi connectivity index (χ4v) is 6.05. The number of nitrogens with zero attached hydrogens (tertiary/aromatic N) is 6. The summed E-state index contributed by atoms with van der Waals surface area (Å²) in [6.07, 6.45) is 10.8. The van der Waals surface area contributed by atoms with Crippen molar-refractivity contribution in [2.45, 2.75) is 54.9 Å². The van der Waals surface area contributed by atoms with Crippen molar-refractivity contribution in [3.8, 4) is 0 Å². The zero-order valence-electron chi connectivity index (χ0n) is 16.7. The molecule has 1 N–H and O–H groups in total. The van der Waals surface area contributed by atoms with Crippen LogP contribution in [0.4, 0.5) is 11.8 Å². The molecule has 4 heterocycles. The van der Waals surface area contributed by atoms with Crippen LogP contribution in [0.1, 0.15) is 50.3 Å². The number of anilines is 2. The van der Waals surface area contributed by atoms with Gasteiger partial charge in [-0.1, -0.05) is 11.6 Å². The molecule has 2 atom stereocenters. The minimum Gasteiger partial charge on any atom is -0.394 e. The van der Waals surface area contributed by atoms with Gasteiger partial charge in [0.25, 0.3) is 0 Å². The Balaban J connectivity index is 1.36. The van der Waals surface area contributed by atoms with Gasteiger partial charge in [-0.3, -0.25) is 4.21 Å². The number of aromatic nitrogens is 4. The van der Waals surface area contributed by atoms with Crippen LogP contribution in [0.3, 0.4) is 0 Å². The number of aliphatic hydroxyl groups is 1. The lowest BCUT2D eigenvalue weighted by Gasteiger charge is -2.47. The van der Waals surface area contributed by atoms with Gasteiger partial charge in [0.1, 0.15) is 16.6 Å². The van der Waals surface area contributed by atoms with Crippen LogP contribution in [0.25, 0.3) is 0 Å². The van der Waals surface area contributed by atoms with E-state index in [4.69, 9.17) is 16.6 Å². The van der Waals surface area contributed by atoms with E-state index in [1.807, 2.05) is 0 Å². The highest BCUT2D eigenvalue weighted by atomic mass is 35.5. The van der Waals surface area contributed by atoms with Gasteiger partial charge in [0.15, 0.2) is 5.82 Å². The standard InChI is InChI=1S/C20H25ClN6O2S/c21-15-9-22-17(23-10-15)14-3-1-7-26(8-4-14)19-24-11-16-18(25-19)27(13-30(16)29)20(12-28)5-2-6-20/h9-11,14,28H,1-8,12-13H2. The van der Waals surface area contributed by atoms with Gasteiger partial charge in [0, 0.05) is 31.4 Å². The quantitative estimate of drug-likeness (QED) is 0.762. The molecule has 2 aromatic rings. The van der Waals surface area contributed by atoms with Crippen molar-refractivity contribution in [3.05, 3.63) is 29.4 Å². The third-order valence-electron chi connectivity index (χ3n) is 6.64. The van der Waals surface area contributed by atoms with Crippen molar-refractivity contribution in [3.63, 3.8) is 0 Å². The van der Waals surface area contributed by atoms with Crippen molar-refractivity contribution in [1.82, 2.24) is 19.9 Å². The van der Waals surface area contributed by atoms with Crippen LogP contribution < -0.4 is 9.80 Å². The number of hydrogen-bond acceptors (Lipinski definition) is 8. The first-order valence-corrected chi connectivity index (χ1v) is 12.2. The smallest absolute Gasteiger partial charge is 0.227 e. The summed E-state index contributed by atoms with van der Waals surface area (Å²) < 4.78 is 12.6. The van der Waals surface area contributed by atoms with Gasteiger partial charge >= 0.3 is 0 Å². The topological polar surface area (TPSA) is 95.3 Å². The van der Waals surface area contributed by atoms with Gasteiger partial charge in [-0.15, -0.1) is 0 Å². The largest absolute Gasteiger partial charge is 0.394 e. The van der Waals surface area contributed by atoms with Crippen LogP contribution in [0.5, 0.6) is 0 Å². The first-order chi connectivity index (χ1) is 14.6. The van der Waals surface area contributed by atoms with Crippen molar-refractivity contribution in [2.75, 3.05) is 35.4 Å². The highest BCUT2D eigenvalue weighted by Gasteiger charge is 2.47. The molecule has 1 aliphatic carbocycles. The van der Waals surface area contributed by atoms with Gasteiger partial charge in [-0.25, -0.2) is 15.0 Å². The van der Waals surface area contributed by atoms with E-state index in [-0.39, 0.29) is 12.1 Å². The summed E-state index contributed by atoms with van der Waals surface area (Å²) in [4.78, 5) is 23.1. The molecule has 5 rings (SSSR count). The summed E-state index contributed by atoms with van der Waals surface area (Å²) in [5.41, 5.74) is -0.317.